The zero-order valence-electron chi connectivity index (χ0n) is 12.0. The lowest BCUT2D eigenvalue weighted by Crippen LogP contribution is -2.36. The molecule has 21 heavy (non-hydrogen) atoms. The zero-order valence-corrected chi connectivity index (χ0v) is 12.8. The summed E-state index contributed by atoms with van der Waals surface area (Å²) in [6.07, 6.45) is 0.0925. The molecule has 6 nitrogen and oxygen atoms in total. The van der Waals surface area contributed by atoms with Gasteiger partial charge in [0.25, 0.3) is 11.8 Å². The van der Waals surface area contributed by atoms with Crippen molar-refractivity contribution in [3.8, 4) is 5.75 Å². The molecule has 0 aromatic heterocycles. The van der Waals surface area contributed by atoms with Gasteiger partial charge >= 0.3 is 0 Å². The number of nitrogens with two attached hydrogens (primary N) is 1. The number of fused-ring (bicyclic) bond motifs is 1. The largest absolute Gasteiger partial charge is 0.478 e. The van der Waals surface area contributed by atoms with Crippen LogP contribution < -0.4 is 21.1 Å². The first-order chi connectivity index (χ1) is 9.49. The Morgan fingerprint density at radius 1 is 1.52 bits per heavy atom. The maximum absolute atomic E-state index is 12.1. The predicted octanol–water partition coefficient (Wildman–Crippen LogP) is 1.29. The molecule has 2 amide bonds. The van der Waals surface area contributed by atoms with Crippen molar-refractivity contribution in [2.75, 3.05) is 11.9 Å². The van der Waals surface area contributed by atoms with E-state index in [4.69, 9.17) is 10.5 Å². The number of ether oxygens (including phenoxy) is 1. The van der Waals surface area contributed by atoms with E-state index >= 15 is 0 Å². The second kappa shape index (κ2) is 7.28. The summed E-state index contributed by atoms with van der Waals surface area (Å²) in [6.45, 7) is 4.03. The van der Waals surface area contributed by atoms with Crippen molar-refractivity contribution in [2.24, 2.45) is 5.73 Å². The SMILES string of the molecule is CC(N)CCNC(=O)c1cccc2c1OC(C)C(=O)N2.Cl. The Labute approximate surface area is 129 Å². The molecule has 4 N–H and O–H groups in total. The van der Waals surface area contributed by atoms with Crippen molar-refractivity contribution in [2.45, 2.75) is 32.4 Å². The van der Waals surface area contributed by atoms with Crippen molar-refractivity contribution >= 4 is 29.9 Å². The first-order valence-electron chi connectivity index (χ1n) is 6.63. The number of carbonyl (C=O) groups excluding carboxylic acids is 2. The standard InChI is InChI=1S/C14H19N3O3.ClH/c1-8(15)6-7-16-14(19)10-4-3-5-11-12(10)20-9(2)13(18)17-11;/h3-5,8-9H,6-7,15H2,1-2H3,(H,16,19)(H,17,18);1H. The van der Waals surface area contributed by atoms with Crippen LogP contribution in [0.1, 0.15) is 30.6 Å². The van der Waals surface area contributed by atoms with Crippen LogP contribution in [0.5, 0.6) is 5.75 Å². The number of para-hydroxylation sites is 1. The molecule has 1 heterocycles. The Morgan fingerprint density at radius 2 is 2.24 bits per heavy atom. The second-order valence-electron chi connectivity index (χ2n) is 4.95. The van der Waals surface area contributed by atoms with E-state index in [-0.39, 0.29) is 30.3 Å². The highest BCUT2D eigenvalue weighted by Gasteiger charge is 2.27. The van der Waals surface area contributed by atoms with E-state index in [0.717, 1.165) is 0 Å². The van der Waals surface area contributed by atoms with E-state index in [1.807, 2.05) is 6.92 Å². The minimum atomic E-state index is -0.611. The fraction of sp³-hybridized carbons (Fsp3) is 0.429. The van der Waals surface area contributed by atoms with E-state index in [0.29, 0.717) is 30.0 Å². The molecule has 1 aromatic carbocycles. The fourth-order valence-corrected chi connectivity index (χ4v) is 1.91. The van der Waals surface area contributed by atoms with Crippen LogP contribution in [0.2, 0.25) is 0 Å². The Kier molecular flexibility index (Phi) is 5.99. The van der Waals surface area contributed by atoms with E-state index in [2.05, 4.69) is 10.6 Å². The van der Waals surface area contributed by atoms with Crippen LogP contribution in [0.4, 0.5) is 5.69 Å². The molecule has 1 aromatic rings. The van der Waals surface area contributed by atoms with Gasteiger partial charge in [0.05, 0.1) is 11.3 Å². The van der Waals surface area contributed by atoms with Crippen LogP contribution in [0.25, 0.3) is 0 Å². The predicted molar refractivity (Wildman–Crippen MR) is 83.0 cm³/mol. The Balaban J connectivity index is 0.00000220. The smallest absolute Gasteiger partial charge is 0.265 e. The van der Waals surface area contributed by atoms with Crippen LogP contribution >= 0.6 is 12.4 Å². The van der Waals surface area contributed by atoms with E-state index in [1.165, 1.54) is 0 Å². The first-order valence-corrected chi connectivity index (χ1v) is 6.63. The summed E-state index contributed by atoms with van der Waals surface area (Å²) in [5, 5.41) is 5.51. The Bertz CT molecular complexity index is 534. The molecule has 7 heteroatoms. The molecule has 116 valence electrons. The van der Waals surface area contributed by atoms with Gasteiger partial charge in [-0.1, -0.05) is 6.07 Å². The van der Waals surface area contributed by atoms with Gasteiger partial charge in [-0.2, -0.15) is 0 Å². The van der Waals surface area contributed by atoms with Gasteiger partial charge in [0, 0.05) is 12.6 Å². The monoisotopic (exact) mass is 313 g/mol. The van der Waals surface area contributed by atoms with Gasteiger partial charge < -0.3 is 21.1 Å². The van der Waals surface area contributed by atoms with Crippen molar-refractivity contribution < 1.29 is 14.3 Å². The fourth-order valence-electron chi connectivity index (χ4n) is 1.91. The quantitative estimate of drug-likeness (QED) is 0.781. The molecular weight excluding hydrogens is 294 g/mol. The lowest BCUT2D eigenvalue weighted by Gasteiger charge is -2.25. The lowest BCUT2D eigenvalue weighted by atomic mass is 10.1. The number of hydrogen-bond acceptors (Lipinski definition) is 4. The summed E-state index contributed by atoms with van der Waals surface area (Å²) in [7, 11) is 0. The Morgan fingerprint density at radius 3 is 2.90 bits per heavy atom. The summed E-state index contributed by atoms with van der Waals surface area (Å²) in [5.74, 6) is -0.0317. The molecule has 1 aliphatic rings. The average Bonchev–Trinajstić information content (AvgIpc) is 2.39. The van der Waals surface area contributed by atoms with E-state index < -0.39 is 6.10 Å². The van der Waals surface area contributed by atoms with Gasteiger partial charge in [0.1, 0.15) is 0 Å². The third-order valence-corrected chi connectivity index (χ3v) is 3.07. The minimum absolute atomic E-state index is 0. The topological polar surface area (TPSA) is 93.4 Å². The summed E-state index contributed by atoms with van der Waals surface area (Å²) in [4.78, 5) is 23.7. The third kappa shape index (κ3) is 4.09. The lowest BCUT2D eigenvalue weighted by molar-refractivity contribution is -0.122. The number of anilines is 1. The van der Waals surface area contributed by atoms with Crippen molar-refractivity contribution in [1.82, 2.24) is 5.32 Å². The van der Waals surface area contributed by atoms with Crippen LogP contribution in [0, 0.1) is 0 Å². The molecule has 0 saturated heterocycles. The normalized spacial score (nSPS) is 17.7. The highest BCUT2D eigenvalue weighted by Crippen LogP contribution is 2.33. The molecule has 0 radical (unpaired) electrons. The number of hydrogen-bond donors (Lipinski definition) is 3. The summed E-state index contributed by atoms with van der Waals surface area (Å²) in [6, 6.07) is 5.12. The summed E-state index contributed by atoms with van der Waals surface area (Å²) >= 11 is 0. The number of halogens is 1. The molecule has 0 spiro atoms. The van der Waals surface area contributed by atoms with Crippen LogP contribution in [-0.2, 0) is 4.79 Å². The van der Waals surface area contributed by atoms with E-state index in [1.54, 1.807) is 25.1 Å². The van der Waals surface area contributed by atoms with Gasteiger partial charge in [0.2, 0.25) is 0 Å². The van der Waals surface area contributed by atoms with Crippen LogP contribution in [0.15, 0.2) is 18.2 Å². The second-order valence-corrected chi connectivity index (χ2v) is 4.95. The maximum Gasteiger partial charge on any atom is 0.265 e. The number of carbonyl (C=O) groups is 2. The van der Waals surface area contributed by atoms with Crippen molar-refractivity contribution in [1.29, 1.82) is 0 Å². The van der Waals surface area contributed by atoms with Crippen LogP contribution in [0.3, 0.4) is 0 Å². The maximum atomic E-state index is 12.1. The molecule has 0 aliphatic carbocycles. The minimum Gasteiger partial charge on any atom is -0.478 e. The first kappa shape index (κ1) is 17.3. The van der Waals surface area contributed by atoms with Gasteiger partial charge in [0.15, 0.2) is 11.9 Å². The Hall–Kier alpha value is -1.79. The molecule has 2 atom stereocenters. The van der Waals surface area contributed by atoms with Gasteiger partial charge in [-0.15, -0.1) is 12.4 Å². The molecule has 0 fully saturated rings. The molecule has 0 saturated carbocycles. The molecule has 0 bridgehead atoms. The van der Waals surface area contributed by atoms with Crippen molar-refractivity contribution in [3.05, 3.63) is 23.8 Å². The van der Waals surface area contributed by atoms with E-state index in [9.17, 15) is 9.59 Å². The molecular formula is C14H20ClN3O3. The molecule has 2 unspecified atom stereocenters. The van der Waals surface area contributed by atoms with Crippen LogP contribution in [-0.4, -0.2) is 30.5 Å². The van der Waals surface area contributed by atoms with Gasteiger partial charge in [-0.3, -0.25) is 9.59 Å². The number of benzene rings is 1. The number of rotatable bonds is 4. The number of nitrogens with one attached hydrogen (secondary N) is 2. The highest BCUT2D eigenvalue weighted by molar-refractivity contribution is 6.03. The van der Waals surface area contributed by atoms with Gasteiger partial charge in [-0.05, 0) is 32.4 Å². The highest BCUT2D eigenvalue weighted by atomic mass is 35.5. The summed E-state index contributed by atoms with van der Waals surface area (Å²) in [5.41, 5.74) is 6.58. The third-order valence-electron chi connectivity index (χ3n) is 3.07. The average molecular weight is 314 g/mol. The molecule has 1 aliphatic heterocycles. The zero-order chi connectivity index (χ0) is 14.7. The summed E-state index contributed by atoms with van der Waals surface area (Å²) < 4.78 is 5.53. The van der Waals surface area contributed by atoms with Crippen molar-refractivity contribution in [3.63, 3.8) is 0 Å². The van der Waals surface area contributed by atoms with Gasteiger partial charge in [-0.25, -0.2) is 0 Å². The molecule has 2 rings (SSSR count). The number of amides is 2.